The highest BCUT2D eigenvalue weighted by Crippen LogP contribution is 2.28. The second-order valence-electron chi connectivity index (χ2n) is 5.63. The largest absolute Gasteiger partial charge is 0.461 e. The van der Waals surface area contributed by atoms with Gasteiger partial charge in [-0.05, 0) is 30.3 Å². The molecule has 0 radical (unpaired) electrons. The van der Waals surface area contributed by atoms with Gasteiger partial charge in [0.2, 0.25) is 11.7 Å². The van der Waals surface area contributed by atoms with E-state index in [1.54, 1.807) is 18.6 Å². The van der Waals surface area contributed by atoms with Crippen LogP contribution in [0.4, 0.5) is 0 Å². The zero-order chi connectivity index (χ0) is 18.6. The van der Waals surface area contributed by atoms with E-state index >= 15 is 0 Å². The quantitative estimate of drug-likeness (QED) is 0.310. The lowest BCUT2D eigenvalue weighted by Crippen LogP contribution is -2.00. The van der Waals surface area contributed by atoms with Gasteiger partial charge in [0.25, 0.3) is 0 Å². The van der Waals surface area contributed by atoms with E-state index < -0.39 is 0 Å². The monoisotopic (exact) mass is 398 g/mol. The highest BCUT2D eigenvalue weighted by molar-refractivity contribution is 7.98. The first-order valence-electron chi connectivity index (χ1n) is 8.15. The van der Waals surface area contributed by atoms with Crippen molar-refractivity contribution in [3.8, 4) is 23.0 Å². The van der Waals surface area contributed by atoms with Crippen molar-refractivity contribution >= 4 is 23.4 Å². The lowest BCUT2D eigenvalue weighted by Gasteiger charge is -2.05. The van der Waals surface area contributed by atoms with Crippen LogP contribution in [0.5, 0.6) is 0 Å². The standard InChI is InChI=1S/C19H15ClN4O2S/c1-2-8-24-17(16-7-4-9-25-16)22-23-19(24)27-12-15-11-26-18(21-15)13-5-3-6-14(20)10-13/h2-7,9-11H,1,8,12H2. The molecule has 8 heteroatoms. The maximum absolute atomic E-state index is 6.03. The van der Waals surface area contributed by atoms with Crippen LogP contribution in [0.25, 0.3) is 23.0 Å². The van der Waals surface area contributed by atoms with Gasteiger partial charge in [0.05, 0.1) is 12.0 Å². The number of furan rings is 1. The molecule has 0 bridgehead atoms. The van der Waals surface area contributed by atoms with Gasteiger partial charge in [-0.25, -0.2) is 4.98 Å². The third-order valence-corrected chi connectivity index (χ3v) is 4.98. The normalized spacial score (nSPS) is 11.0. The molecule has 0 saturated heterocycles. The third-order valence-electron chi connectivity index (χ3n) is 3.74. The maximum Gasteiger partial charge on any atom is 0.226 e. The summed E-state index contributed by atoms with van der Waals surface area (Å²) in [7, 11) is 0. The van der Waals surface area contributed by atoms with Crippen molar-refractivity contribution in [1.29, 1.82) is 0 Å². The predicted octanol–water partition coefficient (Wildman–Crippen LogP) is 5.32. The molecule has 0 fully saturated rings. The molecule has 4 rings (SSSR count). The first-order chi connectivity index (χ1) is 13.2. The zero-order valence-corrected chi connectivity index (χ0v) is 15.8. The third kappa shape index (κ3) is 3.84. The molecule has 3 heterocycles. The number of halogens is 1. The van der Waals surface area contributed by atoms with Crippen molar-refractivity contribution in [3.05, 3.63) is 72.3 Å². The number of benzene rings is 1. The van der Waals surface area contributed by atoms with E-state index in [0.29, 0.717) is 34.8 Å². The molecule has 27 heavy (non-hydrogen) atoms. The van der Waals surface area contributed by atoms with Gasteiger partial charge in [0.15, 0.2) is 10.9 Å². The summed E-state index contributed by atoms with van der Waals surface area (Å²) >= 11 is 7.55. The molecule has 3 aromatic heterocycles. The van der Waals surface area contributed by atoms with Crippen LogP contribution in [0.15, 0.2) is 75.6 Å². The van der Waals surface area contributed by atoms with Crippen molar-refractivity contribution in [3.63, 3.8) is 0 Å². The molecule has 136 valence electrons. The Morgan fingerprint density at radius 1 is 1.19 bits per heavy atom. The number of rotatable bonds is 7. The Hall–Kier alpha value is -2.77. The number of allylic oxidation sites excluding steroid dienone is 1. The molecule has 6 nitrogen and oxygen atoms in total. The number of nitrogens with zero attached hydrogens (tertiary/aromatic N) is 4. The van der Waals surface area contributed by atoms with Crippen LogP contribution in [0, 0.1) is 0 Å². The van der Waals surface area contributed by atoms with Gasteiger partial charge in [-0.3, -0.25) is 4.57 Å². The number of hydrogen-bond donors (Lipinski definition) is 0. The van der Waals surface area contributed by atoms with E-state index in [1.165, 1.54) is 11.8 Å². The zero-order valence-electron chi connectivity index (χ0n) is 14.2. The molecule has 0 atom stereocenters. The number of aromatic nitrogens is 4. The minimum atomic E-state index is 0.539. The van der Waals surface area contributed by atoms with E-state index in [0.717, 1.165) is 16.4 Å². The molecule has 0 unspecified atom stereocenters. The van der Waals surface area contributed by atoms with Crippen LogP contribution in [0.1, 0.15) is 5.69 Å². The lowest BCUT2D eigenvalue weighted by molar-refractivity contribution is 0.569. The number of thioether (sulfide) groups is 1. The van der Waals surface area contributed by atoms with Crippen molar-refractivity contribution < 1.29 is 8.83 Å². The topological polar surface area (TPSA) is 69.9 Å². The number of oxazole rings is 1. The molecule has 0 N–H and O–H groups in total. The Morgan fingerprint density at radius 2 is 2.11 bits per heavy atom. The molecule has 0 aliphatic carbocycles. The maximum atomic E-state index is 6.03. The first kappa shape index (κ1) is 17.6. The Kier molecular flexibility index (Phi) is 5.13. The van der Waals surface area contributed by atoms with Crippen LogP contribution >= 0.6 is 23.4 Å². The van der Waals surface area contributed by atoms with E-state index in [1.807, 2.05) is 41.0 Å². The van der Waals surface area contributed by atoms with Crippen LogP contribution in [0.3, 0.4) is 0 Å². The van der Waals surface area contributed by atoms with E-state index in [-0.39, 0.29) is 0 Å². The molecule has 0 aliphatic heterocycles. The second-order valence-corrected chi connectivity index (χ2v) is 7.00. The van der Waals surface area contributed by atoms with Crippen LogP contribution < -0.4 is 0 Å². The van der Waals surface area contributed by atoms with Gasteiger partial charge in [-0.15, -0.1) is 16.8 Å². The molecular formula is C19H15ClN4O2S. The van der Waals surface area contributed by atoms with Gasteiger partial charge in [-0.2, -0.15) is 0 Å². The lowest BCUT2D eigenvalue weighted by atomic mass is 10.2. The average Bonchev–Trinajstić information content (AvgIpc) is 3.41. The fourth-order valence-corrected chi connectivity index (χ4v) is 3.56. The summed E-state index contributed by atoms with van der Waals surface area (Å²) in [5, 5.41) is 9.92. The summed E-state index contributed by atoms with van der Waals surface area (Å²) in [6.07, 6.45) is 5.06. The van der Waals surface area contributed by atoms with Crippen molar-refractivity contribution in [2.75, 3.05) is 0 Å². The average molecular weight is 399 g/mol. The second kappa shape index (κ2) is 7.85. The Morgan fingerprint density at radius 3 is 2.89 bits per heavy atom. The fourth-order valence-electron chi connectivity index (χ4n) is 2.54. The minimum Gasteiger partial charge on any atom is -0.461 e. The van der Waals surface area contributed by atoms with E-state index in [9.17, 15) is 0 Å². The van der Waals surface area contributed by atoms with Gasteiger partial charge < -0.3 is 8.83 Å². The van der Waals surface area contributed by atoms with Gasteiger partial charge in [0, 0.05) is 22.9 Å². The van der Waals surface area contributed by atoms with Gasteiger partial charge in [-0.1, -0.05) is 35.5 Å². The van der Waals surface area contributed by atoms with Crippen LogP contribution in [-0.2, 0) is 12.3 Å². The van der Waals surface area contributed by atoms with Crippen LogP contribution in [0.2, 0.25) is 5.02 Å². The van der Waals surface area contributed by atoms with Gasteiger partial charge in [0.1, 0.15) is 6.26 Å². The number of hydrogen-bond acceptors (Lipinski definition) is 6. The smallest absolute Gasteiger partial charge is 0.226 e. The highest BCUT2D eigenvalue weighted by atomic mass is 35.5. The summed E-state index contributed by atoms with van der Waals surface area (Å²) in [5.74, 6) is 2.47. The van der Waals surface area contributed by atoms with E-state index in [4.69, 9.17) is 20.4 Å². The molecule has 0 saturated carbocycles. The molecule has 0 aliphatic rings. The molecule has 0 spiro atoms. The molecule has 0 amide bonds. The van der Waals surface area contributed by atoms with Gasteiger partial charge >= 0.3 is 0 Å². The molecule has 4 aromatic rings. The Balaban J connectivity index is 1.52. The first-order valence-corrected chi connectivity index (χ1v) is 9.52. The summed E-state index contributed by atoms with van der Waals surface area (Å²) in [5.41, 5.74) is 1.65. The highest BCUT2D eigenvalue weighted by Gasteiger charge is 2.16. The summed E-state index contributed by atoms with van der Waals surface area (Å²) in [6, 6.07) is 11.1. The Bertz CT molecular complexity index is 1060. The van der Waals surface area contributed by atoms with Crippen molar-refractivity contribution in [2.45, 2.75) is 17.5 Å². The fraction of sp³-hybridized carbons (Fsp3) is 0.105. The Labute approximate surface area is 164 Å². The summed E-state index contributed by atoms with van der Waals surface area (Å²) in [6.45, 7) is 4.39. The minimum absolute atomic E-state index is 0.539. The predicted molar refractivity (Wildman–Crippen MR) is 104 cm³/mol. The summed E-state index contributed by atoms with van der Waals surface area (Å²) < 4.78 is 13.0. The molecule has 1 aromatic carbocycles. The molecular weight excluding hydrogens is 384 g/mol. The summed E-state index contributed by atoms with van der Waals surface area (Å²) in [4.78, 5) is 4.53. The van der Waals surface area contributed by atoms with Crippen LogP contribution in [-0.4, -0.2) is 19.7 Å². The van der Waals surface area contributed by atoms with Crippen molar-refractivity contribution in [1.82, 2.24) is 19.7 Å². The van der Waals surface area contributed by atoms with E-state index in [2.05, 4.69) is 21.8 Å². The SMILES string of the molecule is C=CCn1c(SCc2coc(-c3cccc(Cl)c3)n2)nnc1-c1ccco1. The van der Waals surface area contributed by atoms with Crippen molar-refractivity contribution in [2.24, 2.45) is 0 Å².